The van der Waals surface area contributed by atoms with Crippen LogP contribution in [0.5, 0.6) is 5.75 Å². The maximum atomic E-state index is 13.8. The number of hydrogen-bond acceptors (Lipinski definition) is 2. The molecule has 0 aliphatic heterocycles. The van der Waals surface area contributed by atoms with Gasteiger partial charge in [-0.1, -0.05) is 24.3 Å². The molecule has 0 atom stereocenters. The maximum Gasteiger partial charge on any atom is 0.416 e. The Morgan fingerprint density at radius 2 is 1.50 bits per heavy atom. The molecule has 0 bridgehead atoms. The Kier molecular flexibility index (Phi) is 6.50. The summed E-state index contributed by atoms with van der Waals surface area (Å²) >= 11 is 0. The van der Waals surface area contributed by atoms with Gasteiger partial charge in [0.05, 0.1) is 23.5 Å². The molecule has 1 radical (unpaired) electrons. The van der Waals surface area contributed by atoms with Crippen LogP contribution in [0.25, 0.3) is 11.1 Å². The van der Waals surface area contributed by atoms with Crippen molar-refractivity contribution in [2.75, 3.05) is 25.1 Å². The standard InChI is InChI=1S/C23H21F4N2O/c1-29(22-15-19(28)9-12-21(22)24)13-2-14-30-20-10-5-17(6-11-20)16-3-7-18(8-4-16)23(25,26)27/h3-12,15,28H,2,13-14H2,1H3. The summed E-state index contributed by atoms with van der Waals surface area (Å²) in [7, 11) is 1.76. The van der Waals surface area contributed by atoms with Crippen molar-refractivity contribution in [1.29, 1.82) is 0 Å². The lowest BCUT2D eigenvalue weighted by Crippen LogP contribution is -2.21. The summed E-state index contributed by atoms with van der Waals surface area (Å²) in [6, 6.07) is 16.3. The quantitative estimate of drug-likeness (QED) is 0.333. The van der Waals surface area contributed by atoms with E-state index in [1.165, 1.54) is 30.3 Å². The summed E-state index contributed by atoms with van der Waals surface area (Å²) in [4.78, 5) is 1.74. The van der Waals surface area contributed by atoms with Crippen LogP contribution in [0.1, 0.15) is 12.0 Å². The Hall–Kier alpha value is -3.22. The number of halogens is 4. The number of benzene rings is 3. The molecular weight excluding hydrogens is 396 g/mol. The molecule has 7 heteroatoms. The van der Waals surface area contributed by atoms with Gasteiger partial charge >= 0.3 is 6.18 Å². The second-order valence-electron chi connectivity index (χ2n) is 6.89. The summed E-state index contributed by atoms with van der Waals surface area (Å²) in [6.45, 7) is 0.982. The minimum Gasteiger partial charge on any atom is -0.494 e. The fraction of sp³-hybridized carbons (Fsp3) is 0.217. The van der Waals surface area contributed by atoms with Gasteiger partial charge in [0.1, 0.15) is 11.6 Å². The molecule has 0 spiro atoms. The van der Waals surface area contributed by atoms with Crippen LogP contribution in [0.2, 0.25) is 0 Å². The average Bonchev–Trinajstić information content (AvgIpc) is 2.73. The molecule has 157 valence electrons. The minimum atomic E-state index is -4.35. The highest BCUT2D eigenvalue weighted by molar-refractivity contribution is 5.64. The lowest BCUT2D eigenvalue weighted by atomic mass is 10.0. The molecule has 30 heavy (non-hydrogen) atoms. The number of alkyl halides is 3. The smallest absolute Gasteiger partial charge is 0.416 e. The van der Waals surface area contributed by atoms with Crippen molar-refractivity contribution < 1.29 is 22.3 Å². The van der Waals surface area contributed by atoms with Crippen LogP contribution in [-0.2, 0) is 6.18 Å². The van der Waals surface area contributed by atoms with Crippen molar-refractivity contribution in [3.63, 3.8) is 0 Å². The van der Waals surface area contributed by atoms with Gasteiger partial charge < -0.3 is 15.4 Å². The van der Waals surface area contributed by atoms with Crippen molar-refractivity contribution >= 4 is 11.4 Å². The van der Waals surface area contributed by atoms with Crippen LogP contribution in [0.3, 0.4) is 0 Å². The first-order valence-electron chi connectivity index (χ1n) is 9.37. The highest BCUT2D eigenvalue weighted by Gasteiger charge is 2.29. The monoisotopic (exact) mass is 417 g/mol. The predicted octanol–water partition coefficient (Wildman–Crippen LogP) is 6.33. The normalized spacial score (nSPS) is 11.4. The van der Waals surface area contributed by atoms with Crippen LogP contribution in [-0.4, -0.2) is 20.2 Å². The summed E-state index contributed by atoms with van der Waals surface area (Å²) in [6.07, 6.45) is -3.70. The van der Waals surface area contributed by atoms with Crippen molar-refractivity contribution in [2.45, 2.75) is 12.6 Å². The Balaban J connectivity index is 1.51. The van der Waals surface area contributed by atoms with Gasteiger partial charge in [-0.05, 0) is 60.0 Å². The van der Waals surface area contributed by atoms with Gasteiger partial charge in [0.25, 0.3) is 0 Å². The van der Waals surface area contributed by atoms with Crippen molar-refractivity contribution in [3.05, 3.63) is 78.1 Å². The van der Waals surface area contributed by atoms with Gasteiger partial charge in [-0.2, -0.15) is 13.2 Å². The highest BCUT2D eigenvalue weighted by atomic mass is 19.4. The summed E-state index contributed by atoms with van der Waals surface area (Å²) < 4.78 is 57.5. The molecule has 3 aromatic carbocycles. The second kappa shape index (κ2) is 9.07. The van der Waals surface area contributed by atoms with Gasteiger partial charge in [-0.15, -0.1) is 0 Å². The zero-order valence-electron chi connectivity index (χ0n) is 16.3. The first-order chi connectivity index (χ1) is 14.2. The Bertz CT molecular complexity index is 970. The molecule has 3 aromatic rings. The van der Waals surface area contributed by atoms with E-state index >= 15 is 0 Å². The average molecular weight is 417 g/mol. The molecule has 0 amide bonds. The van der Waals surface area contributed by atoms with Gasteiger partial charge in [-0.25, -0.2) is 4.39 Å². The Morgan fingerprint density at radius 3 is 2.10 bits per heavy atom. The summed E-state index contributed by atoms with van der Waals surface area (Å²) in [5, 5.41) is 0. The largest absolute Gasteiger partial charge is 0.494 e. The SMILES string of the molecule is CN(CCCOc1ccc(-c2ccc(C(F)(F)F)cc2)cc1)c1cc([NH])ccc1F. The van der Waals surface area contributed by atoms with Crippen molar-refractivity contribution in [3.8, 4) is 16.9 Å². The molecule has 0 saturated heterocycles. The second-order valence-corrected chi connectivity index (χ2v) is 6.89. The van der Waals surface area contributed by atoms with E-state index in [2.05, 4.69) is 0 Å². The first kappa shape index (κ1) is 21.5. The summed E-state index contributed by atoms with van der Waals surface area (Å²) in [5.74, 6) is 0.279. The van der Waals surface area contributed by atoms with E-state index in [1.807, 2.05) is 0 Å². The fourth-order valence-corrected chi connectivity index (χ4v) is 3.01. The number of nitrogens with zero attached hydrogens (tertiary/aromatic N) is 1. The summed E-state index contributed by atoms with van der Waals surface area (Å²) in [5.41, 5.74) is 9.04. The lowest BCUT2D eigenvalue weighted by molar-refractivity contribution is -0.137. The van der Waals surface area contributed by atoms with Crippen LogP contribution >= 0.6 is 0 Å². The Labute approximate surface area is 172 Å². The molecule has 0 saturated carbocycles. The van der Waals surface area contributed by atoms with Crippen LogP contribution < -0.4 is 15.4 Å². The molecule has 0 unspecified atom stereocenters. The zero-order chi connectivity index (χ0) is 21.7. The van der Waals surface area contributed by atoms with E-state index in [9.17, 15) is 17.6 Å². The fourth-order valence-electron chi connectivity index (χ4n) is 3.01. The van der Waals surface area contributed by atoms with Gasteiger partial charge in [0.15, 0.2) is 0 Å². The molecule has 0 fully saturated rings. The Morgan fingerprint density at radius 1 is 0.900 bits per heavy atom. The third-order valence-corrected chi connectivity index (χ3v) is 4.66. The number of nitrogens with one attached hydrogen (secondary N) is 1. The molecule has 0 aliphatic rings. The molecule has 1 N–H and O–H groups in total. The van der Waals surface area contributed by atoms with E-state index < -0.39 is 11.7 Å². The predicted molar refractivity (Wildman–Crippen MR) is 109 cm³/mol. The molecule has 3 rings (SSSR count). The van der Waals surface area contributed by atoms with E-state index in [4.69, 9.17) is 10.5 Å². The molecule has 0 aliphatic carbocycles. The highest BCUT2D eigenvalue weighted by Crippen LogP contribution is 2.31. The maximum absolute atomic E-state index is 13.8. The number of ether oxygens (including phenoxy) is 1. The van der Waals surface area contributed by atoms with Crippen LogP contribution in [0.4, 0.5) is 28.9 Å². The molecular formula is C23H21F4N2O. The van der Waals surface area contributed by atoms with E-state index in [0.717, 1.165) is 17.7 Å². The van der Waals surface area contributed by atoms with Crippen molar-refractivity contribution in [2.24, 2.45) is 0 Å². The topological polar surface area (TPSA) is 36.3 Å². The minimum absolute atomic E-state index is 0.252. The zero-order valence-corrected chi connectivity index (χ0v) is 16.3. The van der Waals surface area contributed by atoms with Gasteiger partial charge in [-0.3, -0.25) is 0 Å². The van der Waals surface area contributed by atoms with Gasteiger partial charge in [0, 0.05) is 13.6 Å². The van der Waals surface area contributed by atoms with E-state index in [1.54, 1.807) is 36.2 Å². The lowest BCUT2D eigenvalue weighted by Gasteiger charge is -2.20. The number of anilines is 1. The van der Waals surface area contributed by atoms with Crippen molar-refractivity contribution in [1.82, 2.24) is 5.73 Å². The van der Waals surface area contributed by atoms with Crippen LogP contribution in [0, 0.1) is 5.82 Å². The third kappa shape index (κ3) is 5.43. The van der Waals surface area contributed by atoms with Gasteiger partial charge in [0.2, 0.25) is 0 Å². The number of hydrogen-bond donors (Lipinski definition) is 0. The number of rotatable bonds is 7. The molecule has 0 aromatic heterocycles. The van der Waals surface area contributed by atoms with Crippen LogP contribution in [0.15, 0.2) is 66.7 Å². The van der Waals surface area contributed by atoms with E-state index in [0.29, 0.717) is 36.6 Å². The van der Waals surface area contributed by atoms with E-state index in [-0.39, 0.29) is 11.5 Å². The first-order valence-corrected chi connectivity index (χ1v) is 9.37. The molecule has 3 nitrogen and oxygen atoms in total. The molecule has 0 heterocycles. The third-order valence-electron chi connectivity index (χ3n) is 4.66.